The molecule has 6 rings (SSSR count). The lowest BCUT2D eigenvalue weighted by molar-refractivity contribution is -0.435. The molecule has 2 N–H and O–H groups in total. The van der Waals surface area contributed by atoms with Gasteiger partial charge in [0.2, 0.25) is 5.69 Å². The molecule has 0 bridgehead atoms. The molecule has 0 saturated heterocycles. The lowest BCUT2D eigenvalue weighted by Gasteiger charge is -2.28. The Balaban J connectivity index is 1.66. The molecule has 208 valence electrons. The second kappa shape index (κ2) is 9.58. The van der Waals surface area contributed by atoms with Gasteiger partial charge in [0.25, 0.3) is 0 Å². The molecule has 2 heterocycles. The summed E-state index contributed by atoms with van der Waals surface area (Å²) >= 11 is 0. The van der Waals surface area contributed by atoms with Crippen LogP contribution in [0.1, 0.15) is 51.7 Å². The highest BCUT2D eigenvalue weighted by Gasteiger charge is 2.49. The first-order valence-corrected chi connectivity index (χ1v) is 14.1. The van der Waals surface area contributed by atoms with E-state index >= 15 is 0 Å². The van der Waals surface area contributed by atoms with Crippen molar-refractivity contribution in [2.24, 2.45) is 0 Å². The predicted octanol–water partition coefficient (Wildman–Crippen LogP) is 7.00. The van der Waals surface area contributed by atoms with E-state index < -0.39 is 17.4 Å². The van der Waals surface area contributed by atoms with Gasteiger partial charge in [0.15, 0.2) is 12.3 Å². The Labute approximate surface area is 239 Å². The van der Waals surface area contributed by atoms with Crippen molar-refractivity contribution in [2.75, 3.05) is 18.0 Å². The molecule has 0 radical (unpaired) electrons. The topological polar surface area (TPSA) is 80.9 Å². The number of allylic oxidation sites excluding steroid dienone is 2. The van der Waals surface area contributed by atoms with Crippen LogP contribution in [0.2, 0.25) is 0 Å². The quantitative estimate of drug-likeness (QED) is 0.192. The van der Waals surface area contributed by atoms with Gasteiger partial charge in [-0.1, -0.05) is 74.5 Å². The molecule has 41 heavy (non-hydrogen) atoms. The molecule has 0 unspecified atom stereocenters. The fourth-order valence-corrected chi connectivity index (χ4v) is 7.00. The van der Waals surface area contributed by atoms with Crippen LogP contribution in [0, 0.1) is 0 Å². The van der Waals surface area contributed by atoms with Crippen molar-refractivity contribution in [3.8, 4) is 0 Å². The van der Waals surface area contributed by atoms with Crippen molar-refractivity contribution < 1.29 is 24.4 Å². The van der Waals surface area contributed by atoms with Crippen LogP contribution < -0.4 is 4.90 Å². The summed E-state index contributed by atoms with van der Waals surface area (Å²) in [4.78, 5) is 25.7. The van der Waals surface area contributed by atoms with Crippen LogP contribution in [0.15, 0.2) is 84.6 Å². The fourth-order valence-electron chi connectivity index (χ4n) is 7.00. The van der Waals surface area contributed by atoms with Gasteiger partial charge in [-0.05, 0) is 47.7 Å². The van der Waals surface area contributed by atoms with Crippen molar-refractivity contribution in [3.63, 3.8) is 0 Å². The average molecular weight is 548 g/mol. The molecular formula is C35H35N2O4+. The summed E-state index contributed by atoms with van der Waals surface area (Å²) in [7, 11) is 0. The normalized spacial score (nSPS) is 17.9. The number of hydrogen-bond donors (Lipinski definition) is 2. The third-order valence-electron chi connectivity index (χ3n) is 8.90. The summed E-state index contributed by atoms with van der Waals surface area (Å²) in [5.41, 5.74) is 5.63. The Morgan fingerprint density at radius 2 is 1.32 bits per heavy atom. The number of fused-ring (bicyclic) bond motifs is 7. The van der Waals surface area contributed by atoms with Crippen molar-refractivity contribution in [1.29, 1.82) is 0 Å². The van der Waals surface area contributed by atoms with Crippen LogP contribution in [-0.4, -0.2) is 45.5 Å². The number of nitrogens with zero attached hydrogens (tertiary/aromatic N) is 2. The first kappa shape index (κ1) is 26.8. The number of anilines is 1. The average Bonchev–Trinajstić information content (AvgIpc) is 3.30. The zero-order valence-corrected chi connectivity index (χ0v) is 23.9. The second-order valence-corrected chi connectivity index (χ2v) is 12.1. The molecule has 4 aromatic rings. The van der Waals surface area contributed by atoms with Crippen molar-refractivity contribution in [1.82, 2.24) is 0 Å². The molecule has 6 nitrogen and oxygen atoms in total. The first-order chi connectivity index (χ1) is 19.5. The van der Waals surface area contributed by atoms with E-state index in [1.54, 1.807) is 0 Å². The molecule has 0 spiro atoms. The van der Waals surface area contributed by atoms with Gasteiger partial charge in [-0.3, -0.25) is 9.59 Å². The summed E-state index contributed by atoms with van der Waals surface area (Å²) in [6.45, 7) is 9.48. The Bertz CT molecular complexity index is 1810. The zero-order chi connectivity index (χ0) is 29.1. The van der Waals surface area contributed by atoms with Crippen LogP contribution in [0.25, 0.3) is 21.5 Å². The second-order valence-electron chi connectivity index (χ2n) is 12.1. The first-order valence-electron chi connectivity index (χ1n) is 14.1. The van der Waals surface area contributed by atoms with Crippen LogP contribution in [0.3, 0.4) is 0 Å². The molecule has 4 aromatic carbocycles. The van der Waals surface area contributed by atoms with E-state index in [4.69, 9.17) is 0 Å². The molecule has 0 atom stereocenters. The number of carbonyl (C=O) groups is 2. The van der Waals surface area contributed by atoms with Gasteiger partial charge in [-0.2, -0.15) is 4.58 Å². The maximum atomic E-state index is 11.9. The van der Waals surface area contributed by atoms with Gasteiger partial charge < -0.3 is 15.1 Å². The highest BCUT2D eigenvalue weighted by atomic mass is 16.4. The van der Waals surface area contributed by atoms with E-state index in [0.717, 1.165) is 44.5 Å². The van der Waals surface area contributed by atoms with E-state index in [1.165, 1.54) is 10.9 Å². The summed E-state index contributed by atoms with van der Waals surface area (Å²) in [6, 6.07) is 25.0. The van der Waals surface area contributed by atoms with E-state index in [2.05, 4.69) is 91.8 Å². The molecule has 0 aromatic heterocycles. The number of benzene rings is 4. The van der Waals surface area contributed by atoms with Crippen molar-refractivity contribution in [2.45, 2.75) is 51.4 Å². The third-order valence-corrected chi connectivity index (χ3v) is 8.90. The minimum absolute atomic E-state index is 0.00427. The lowest BCUT2D eigenvalue weighted by Crippen LogP contribution is -2.34. The number of para-hydroxylation sites is 1. The molecule has 0 amide bonds. The Morgan fingerprint density at radius 3 is 1.98 bits per heavy atom. The smallest absolute Gasteiger partial charge is 0.309 e. The van der Waals surface area contributed by atoms with E-state index in [1.807, 2.05) is 24.3 Å². The SMILES string of the molecule is CC1(C)C(=CC2=[N+](CCC(=O)O)c3c(c4ccccc4c4ccccc34)C2(C)C)N(CCC(=O)O)c2ccccc21. The van der Waals surface area contributed by atoms with E-state index in [9.17, 15) is 19.8 Å². The van der Waals surface area contributed by atoms with Gasteiger partial charge in [-0.15, -0.1) is 0 Å². The molecule has 0 aliphatic carbocycles. The Hall–Kier alpha value is -4.45. The molecular weight excluding hydrogens is 512 g/mol. The zero-order valence-electron chi connectivity index (χ0n) is 23.9. The lowest BCUT2D eigenvalue weighted by atomic mass is 9.76. The van der Waals surface area contributed by atoms with Crippen molar-refractivity contribution >= 4 is 50.6 Å². The largest absolute Gasteiger partial charge is 0.481 e. The van der Waals surface area contributed by atoms with Gasteiger partial charge in [0.1, 0.15) is 6.42 Å². The van der Waals surface area contributed by atoms with Gasteiger partial charge in [0, 0.05) is 35.0 Å². The van der Waals surface area contributed by atoms with Crippen LogP contribution in [-0.2, 0) is 20.4 Å². The number of carboxylic acid groups (broad SMARTS) is 2. The van der Waals surface area contributed by atoms with Crippen LogP contribution >= 0.6 is 0 Å². The Kier molecular flexibility index (Phi) is 6.25. The summed E-state index contributed by atoms with van der Waals surface area (Å²) in [5, 5.41) is 23.9. The molecule has 2 aliphatic rings. The maximum Gasteiger partial charge on any atom is 0.309 e. The summed E-state index contributed by atoms with van der Waals surface area (Å²) < 4.78 is 2.21. The molecule has 0 fully saturated rings. The molecule has 0 saturated carbocycles. The molecule has 2 aliphatic heterocycles. The monoisotopic (exact) mass is 547 g/mol. The highest BCUT2D eigenvalue weighted by Crippen LogP contribution is 2.52. The van der Waals surface area contributed by atoms with Crippen LogP contribution in [0.5, 0.6) is 0 Å². The number of carboxylic acids is 2. The van der Waals surface area contributed by atoms with E-state index in [-0.39, 0.29) is 18.3 Å². The minimum Gasteiger partial charge on any atom is -0.481 e. The van der Waals surface area contributed by atoms with Crippen molar-refractivity contribution in [3.05, 3.63) is 95.7 Å². The van der Waals surface area contributed by atoms with Gasteiger partial charge >= 0.3 is 11.9 Å². The van der Waals surface area contributed by atoms with Gasteiger partial charge in [-0.25, -0.2) is 0 Å². The third kappa shape index (κ3) is 4.12. The van der Waals surface area contributed by atoms with Gasteiger partial charge in [0.05, 0.1) is 17.2 Å². The highest BCUT2D eigenvalue weighted by molar-refractivity contribution is 6.19. The summed E-state index contributed by atoms with van der Waals surface area (Å²) in [5.74, 6) is -1.68. The fraction of sp³-hybridized carbons (Fsp3) is 0.286. The summed E-state index contributed by atoms with van der Waals surface area (Å²) in [6.07, 6.45) is 2.22. The minimum atomic E-state index is -0.843. The maximum absolute atomic E-state index is 11.9. The van der Waals surface area contributed by atoms with E-state index in [0.29, 0.717) is 13.1 Å². The number of aliphatic carboxylic acids is 2. The predicted molar refractivity (Wildman–Crippen MR) is 164 cm³/mol. The number of hydrogen-bond acceptors (Lipinski definition) is 3. The number of rotatable bonds is 7. The standard InChI is InChI=1S/C35H34N2O4/c1-34(2)26-15-9-10-16-27(26)36(19-17-30(38)39)28(34)21-29-35(3,4)32-24-13-7-5-11-22(24)23-12-6-8-14-25(23)33(32)37(29)20-18-31(40)41/h5-16,21H,17-20H2,1-4H3,(H-,38,39,40,41)/p+1. The molecule has 6 heteroatoms. The van der Waals surface area contributed by atoms with Crippen LogP contribution in [0.4, 0.5) is 11.4 Å². The Morgan fingerprint density at radius 1 is 0.756 bits per heavy atom.